The average Bonchev–Trinajstić information content (AvgIpc) is 2.77. The Hall–Kier alpha value is -1.37. The van der Waals surface area contributed by atoms with Crippen LogP contribution >= 0.6 is 0 Å². The van der Waals surface area contributed by atoms with Crippen LogP contribution in [0.15, 0.2) is 30.3 Å². The molecule has 0 aliphatic carbocycles. The lowest BCUT2D eigenvalue weighted by Crippen LogP contribution is -1.72. The van der Waals surface area contributed by atoms with Crippen LogP contribution < -0.4 is 0 Å². The Kier molecular flexibility index (Phi) is 4.62. The highest BCUT2D eigenvalue weighted by Gasteiger charge is 1.95. The zero-order valence-electron chi connectivity index (χ0n) is 7.27. The maximum atomic E-state index is 8.29. The second kappa shape index (κ2) is 6.18. The Balaban J connectivity index is 0.000000145. The van der Waals surface area contributed by atoms with Gasteiger partial charge < -0.3 is 0 Å². The van der Waals surface area contributed by atoms with Gasteiger partial charge in [0.15, 0.2) is 0 Å². The molecule has 1 aromatic rings. The third-order valence-electron chi connectivity index (χ3n) is 1.44. The molecule has 0 N–H and O–H groups in total. The van der Waals surface area contributed by atoms with E-state index in [2.05, 4.69) is 9.78 Å². The number of nitriles is 1. The second-order valence-corrected chi connectivity index (χ2v) is 2.48. The van der Waals surface area contributed by atoms with Crippen molar-refractivity contribution in [1.82, 2.24) is 0 Å². The number of benzene rings is 1. The van der Waals surface area contributed by atoms with Gasteiger partial charge in [0.1, 0.15) is 0 Å². The quantitative estimate of drug-likeness (QED) is 0.568. The lowest BCUT2D eigenvalue weighted by atomic mass is 10.2. The van der Waals surface area contributed by atoms with Crippen molar-refractivity contribution < 1.29 is 9.78 Å². The molecule has 68 valence electrons. The molecule has 0 radical (unpaired) electrons. The fourth-order valence-corrected chi connectivity index (χ4v) is 0.807. The average molecular weight is 177 g/mol. The van der Waals surface area contributed by atoms with Crippen LogP contribution in [0.25, 0.3) is 0 Å². The van der Waals surface area contributed by atoms with E-state index in [4.69, 9.17) is 5.26 Å². The normalized spacial score (nSPS) is 14.1. The highest BCUT2D eigenvalue weighted by molar-refractivity contribution is 5.27. The molecule has 0 unspecified atom stereocenters. The zero-order valence-corrected chi connectivity index (χ0v) is 7.27. The van der Waals surface area contributed by atoms with E-state index >= 15 is 0 Å². The molecule has 1 heterocycles. The smallest absolute Gasteiger partial charge is 0.0991 e. The van der Waals surface area contributed by atoms with E-state index in [1.165, 1.54) is 0 Å². The number of nitrogens with zero attached hydrogens (tertiary/aromatic N) is 1. The van der Waals surface area contributed by atoms with E-state index in [0.29, 0.717) is 5.56 Å². The van der Waals surface area contributed by atoms with E-state index in [-0.39, 0.29) is 0 Å². The monoisotopic (exact) mass is 177 g/mol. The third kappa shape index (κ3) is 4.26. The van der Waals surface area contributed by atoms with Gasteiger partial charge in [-0.3, -0.25) is 0 Å². The first-order chi connectivity index (χ1) is 6.43. The molecule has 0 amide bonds. The van der Waals surface area contributed by atoms with Crippen LogP contribution in [0.5, 0.6) is 0 Å². The van der Waals surface area contributed by atoms with Crippen molar-refractivity contribution in [1.29, 1.82) is 5.26 Å². The van der Waals surface area contributed by atoms with E-state index in [9.17, 15) is 0 Å². The SMILES string of the molecule is C1COOC1.N#Cc1ccccc1. The van der Waals surface area contributed by atoms with Gasteiger partial charge in [0.25, 0.3) is 0 Å². The minimum atomic E-state index is 0.715. The third-order valence-corrected chi connectivity index (χ3v) is 1.44. The molecule has 1 fully saturated rings. The maximum Gasteiger partial charge on any atom is 0.0991 e. The summed E-state index contributed by atoms with van der Waals surface area (Å²) < 4.78 is 0. The summed E-state index contributed by atoms with van der Waals surface area (Å²) in [6.45, 7) is 1.56. The highest BCUT2D eigenvalue weighted by atomic mass is 17.2. The van der Waals surface area contributed by atoms with Gasteiger partial charge in [0.05, 0.1) is 24.8 Å². The van der Waals surface area contributed by atoms with Gasteiger partial charge in [-0.25, -0.2) is 9.78 Å². The van der Waals surface area contributed by atoms with Crippen LogP contribution in [0.4, 0.5) is 0 Å². The number of hydrogen-bond donors (Lipinski definition) is 0. The Labute approximate surface area is 77.4 Å². The molecular formula is C10H11NO2. The van der Waals surface area contributed by atoms with E-state index in [1.807, 2.05) is 24.3 Å². The van der Waals surface area contributed by atoms with Gasteiger partial charge in [-0.1, -0.05) is 18.2 Å². The molecule has 0 aromatic heterocycles. The fraction of sp³-hybridized carbons (Fsp3) is 0.300. The second-order valence-electron chi connectivity index (χ2n) is 2.48. The van der Waals surface area contributed by atoms with Crippen LogP contribution in [0.3, 0.4) is 0 Å². The Morgan fingerprint density at radius 2 is 1.69 bits per heavy atom. The summed E-state index contributed by atoms with van der Waals surface area (Å²) in [4.78, 5) is 8.89. The summed E-state index contributed by atoms with van der Waals surface area (Å²) in [5.74, 6) is 0. The molecule has 1 aromatic carbocycles. The molecule has 3 heteroatoms. The number of rotatable bonds is 0. The Bertz CT molecular complexity index is 254. The van der Waals surface area contributed by atoms with Crippen molar-refractivity contribution in [3.63, 3.8) is 0 Å². The minimum Gasteiger partial charge on any atom is -0.237 e. The predicted molar refractivity (Wildman–Crippen MR) is 47.7 cm³/mol. The summed E-state index contributed by atoms with van der Waals surface area (Å²) >= 11 is 0. The van der Waals surface area contributed by atoms with E-state index in [1.54, 1.807) is 12.1 Å². The van der Waals surface area contributed by atoms with Gasteiger partial charge in [-0.2, -0.15) is 5.26 Å². The first-order valence-corrected chi connectivity index (χ1v) is 4.13. The summed E-state index contributed by atoms with van der Waals surface area (Å²) in [6.07, 6.45) is 1.06. The van der Waals surface area contributed by atoms with Crippen molar-refractivity contribution in [3.8, 4) is 6.07 Å². The molecule has 1 saturated heterocycles. The van der Waals surface area contributed by atoms with E-state index < -0.39 is 0 Å². The molecule has 0 spiro atoms. The number of hydrogen-bond acceptors (Lipinski definition) is 3. The van der Waals surface area contributed by atoms with Crippen molar-refractivity contribution in [2.75, 3.05) is 13.2 Å². The lowest BCUT2D eigenvalue weighted by Gasteiger charge is -1.80. The summed E-state index contributed by atoms with van der Waals surface area (Å²) in [6, 6.07) is 11.2. The van der Waals surface area contributed by atoms with Crippen LogP contribution in [0.1, 0.15) is 12.0 Å². The van der Waals surface area contributed by atoms with Gasteiger partial charge in [-0.05, 0) is 12.1 Å². The van der Waals surface area contributed by atoms with Crippen LogP contribution in [0, 0.1) is 11.3 Å². The van der Waals surface area contributed by atoms with Crippen molar-refractivity contribution in [2.24, 2.45) is 0 Å². The highest BCUT2D eigenvalue weighted by Crippen LogP contribution is 1.93. The van der Waals surface area contributed by atoms with Crippen LogP contribution in [0.2, 0.25) is 0 Å². The lowest BCUT2D eigenvalue weighted by molar-refractivity contribution is -0.248. The molecule has 0 atom stereocenters. The first-order valence-electron chi connectivity index (χ1n) is 4.13. The minimum absolute atomic E-state index is 0.715. The van der Waals surface area contributed by atoms with Gasteiger partial charge in [-0.15, -0.1) is 0 Å². The maximum absolute atomic E-state index is 8.29. The van der Waals surface area contributed by atoms with Gasteiger partial charge in [0, 0.05) is 6.42 Å². The van der Waals surface area contributed by atoms with Gasteiger partial charge in [0.2, 0.25) is 0 Å². The molecule has 3 nitrogen and oxygen atoms in total. The zero-order chi connectivity index (χ0) is 9.36. The Morgan fingerprint density at radius 3 is 2.00 bits per heavy atom. The summed E-state index contributed by atoms with van der Waals surface area (Å²) in [5, 5.41) is 8.29. The van der Waals surface area contributed by atoms with Crippen molar-refractivity contribution in [3.05, 3.63) is 35.9 Å². The van der Waals surface area contributed by atoms with Crippen LogP contribution in [-0.4, -0.2) is 13.2 Å². The predicted octanol–water partition coefficient (Wildman–Crippen LogP) is 1.90. The molecule has 0 bridgehead atoms. The summed E-state index contributed by atoms with van der Waals surface area (Å²) in [7, 11) is 0. The first kappa shape index (κ1) is 9.72. The summed E-state index contributed by atoms with van der Waals surface area (Å²) in [5.41, 5.74) is 0.715. The molecule has 1 aliphatic rings. The molecule has 1 aliphatic heterocycles. The van der Waals surface area contributed by atoms with Crippen molar-refractivity contribution in [2.45, 2.75) is 6.42 Å². The Morgan fingerprint density at radius 1 is 1.08 bits per heavy atom. The fourth-order valence-electron chi connectivity index (χ4n) is 0.807. The van der Waals surface area contributed by atoms with Gasteiger partial charge >= 0.3 is 0 Å². The largest absolute Gasteiger partial charge is 0.237 e. The molecule has 13 heavy (non-hydrogen) atoms. The van der Waals surface area contributed by atoms with E-state index in [0.717, 1.165) is 19.6 Å². The standard InChI is InChI=1S/C7H5N.C3H6O2/c8-6-7-4-2-1-3-5-7;1-2-4-5-3-1/h1-5H;1-3H2. The molecule has 0 saturated carbocycles. The molecule has 2 rings (SSSR count). The molecular weight excluding hydrogens is 166 g/mol. The van der Waals surface area contributed by atoms with Crippen LogP contribution in [-0.2, 0) is 9.78 Å². The van der Waals surface area contributed by atoms with Crippen molar-refractivity contribution >= 4 is 0 Å². The topological polar surface area (TPSA) is 42.2 Å².